The minimum atomic E-state index is -0.359. The lowest BCUT2D eigenvalue weighted by molar-refractivity contribution is -0.384. The second-order valence-corrected chi connectivity index (χ2v) is 8.26. The number of non-ortho nitro benzene ring substituents is 1. The predicted molar refractivity (Wildman–Crippen MR) is 121 cm³/mol. The van der Waals surface area contributed by atoms with Gasteiger partial charge in [0.1, 0.15) is 5.75 Å². The molecular formula is C24H33N3O3. The molecular weight excluding hydrogens is 378 g/mol. The molecule has 2 atom stereocenters. The zero-order valence-electron chi connectivity index (χ0n) is 18.3. The molecule has 1 saturated heterocycles. The molecule has 162 valence electrons. The summed E-state index contributed by atoms with van der Waals surface area (Å²) in [6.07, 6.45) is 3.20. The highest BCUT2D eigenvalue weighted by Crippen LogP contribution is 2.45. The molecule has 0 saturated carbocycles. The Morgan fingerprint density at radius 1 is 1.20 bits per heavy atom. The predicted octanol–water partition coefficient (Wildman–Crippen LogP) is 5.16. The summed E-state index contributed by atoms with van der Waals surface area (Å²) in [5, 5.41) is 21.0. The van der Waals surface area contributed by atoms with Crippen molar-refractivity contribution in [1.29, 1.82) is 0 Å². The highest BCUT2D eigenvalue weighted by molar-refractivity contribution is 5.50. The average Bonchev–Trinajstić information content (AvgIpc) is 2.77. The normalized spacial score (nSPS) is 22.0. The molecule has 2 unspecified atom stereocenters. The van der Waals surface area contributed by atoms with Gasteiger partial charge < -0.3 is 10.0 Å². The number of phenols is 1. The molecule has 6 heteroatoms. The van der Waals surface area contributed by atoms with Crippen molar-refractivity contribution in [2.24, 2.45) is 5.92 Å². The SMILES string of the molecule is CCC1CN(CN(CC)c2ccc([N+](=O)[O-])cc2)CCC1(CC)c1cccc(O)c1. The third kappa shape index (κ3) is 4.43. The van der Waals surface area contributed by atoms with Gasteiger partial charge in [-0.3, -0.25) is 15.0 Å². The molecule has 1 N–H and O–H groups in total. The summed E-state index contributed by atoms with van der Waals surface area (Å²) in [7, 11) is 0. The zero-order valence-corrected chi connectivity index (χ0v) is 18.3. The number of nitro benzene ring substituents is 1. The largest absolute Gasteiger partial charge is 0.508 e. The summed E-state index contributed by atoms with van der Waals surface area (Å²) in [6.45, 7) is 10.3. The summed E-state index contributed by atoms with van der Waals surface area (Å²) in [6, 6.07) is 14.6. The van der Waals surface area contributed by atoms with E-state index < -0.39 is 0 Å². The van der Waals surface area contributed by atoms with Gasteiger partial charge in [-0.25, -0.2) is 0 Å². The van der Waals surface area contributed by atoms with Gasteiger partial charge in [0.2, 0.25) is 0 Å². The molecule has 0 spiro atoms. The van der Waals surface area contributed by atoms with Crippen molar-refractivity contribution in [2.45, 2.75) is 45.4 Å². The molecule has 0 amide bonds. The van der Waals surface area contributed by atoms with E-state index in [2.05, 4.69) is 36.6 Å². The molecule has 2 aromatic rings. The Labute approximate surface area is 179 Å². The molecule has 6 nitrogen and oxygen atoms in total. The average molecular weight is 412 g/mol. The fraction of sp³-hybridized carbons (Fsp3) is 0.500. The number of hydrogen-bond donors (Lipinski definition) is 1. The van der Waals surface area contributed by atoms with Crippen LogP contribution in [0.2, 0.25) is 0 Å². The van der Waals surface area contributed by atoms with Crippen molar-refractivity contribution < 1.29 is 10.0 Å². The van der Waals surface area contributed by atoms with Crippen molar-refractivity contribution in [1.82, 2.24) is 4.90 Å². The van der Waals surface area contributed by atoms with E-state index in [4.69, 9.17) is 0 Å². The number of phenolic OH excluding ortho intramolecular Hbond substituents is 1. The van der Waals surface area contributed by atoms with Gasteiger partial charge >= 0.3 is 0 Å². The summed E-state index contributed by atoms with van der Waals surface area (Å²) in [5.41, 5.74) is 2.47. The number of piperidine rings is 1. The molecule has 30 heavy (non-hydrogen) atoms. The molecule has 0 aliphatic carbocycles. The number of anilines is 1. The van der Waals surface area contributed by atoms with Crippen LogP contribution in [0.3, 0.4) is 0 Å². The maximum absolute atomic E-state index is 10.9. The third-order valence-electron chi connectivity index (χ3n) is 6.86. The fourth-order valence-corrected chi connectivity index (χ4v) is 5.04. The number of rotatable bonds is 8. The first kappa shape index (κ1) is 22.1. The van der Waals surface area contributed by atoms with E-state index in [-0.39, 0.29) is 16.0 Å². The Hall–Kier alpha value is -2.60. The van der Waals surface area contributed by atoms with Gasteiger partial charge in [0, 0.05) is 42.9 Å². The van der Waals surface area contributed by atoms with Gasteiger partial charge in [-0.2, -0.15) is 0 Å². The van der Waals surface area contributed by atoms with Crippen LogP contribution >= 0.6 is 0 Å². The Balaban J connectivity index is 1.75. The van der Waals surface area contributed by atoms with E-state index in [9.17, 15) is 15.2 Å². The monoisotopic (exact) mass is 411 g/mol. The molecule has 1 heterocycles. The fourth-order valence-electron chi connectivity index (χ4n) is 5.04. The highest BCUT2D eigenvalue weighted by atomic mass is 16.6. The van der Waals surface area contributed by atoms with Gasteiger partial charge in [-0.05, 0) is 55.5 Å². The van der Waals surface area contributed by atoms with Crippen LogP contribution in [0.25, 0.3) is 0 Å². The van der Waals surface area contributed by atoms with Crippen molar-refractivity contribution in [3.8, 4) is 5.75 Å². The molecule has 0 bridgehead atoms. The van der Waals surface area contributed by atoms with Crippen LogP contribution < -0.4 is 4.90 Å². The second kappa shape index (κ2) is 9.47. The number of likely N-dealkylation sites (tertiary alicyclic amines) is 1. The lowest BCUT2D eigenvalue weighted by atomic mass is 9.63. The van der Waals surface area contributed by atoms with E-state index in [0.717, 1.165) is 51.3 Å². The van der Waals surface area contributed by atoms with E-state index >= 15 is 0 Å². The second-order valence-electron chi connectivity index (χ2n) is 8.26. The van der Waals surface area contributed by atoms with Crippen LogP contribution in [-0.4, -0.2) is 41.2 Å². The van der Waals surface area contributed by atoms with E-state index in [1.165, 1.54) is 5.56 Å². The quantitative estimate of drug-likeness (QED) is 0.480. The van der Waals surface area contributed by atoms with Crippen molar-refractivity contribution in [3.05, 3.63) is 64.2 Å². The van der Waals surface area contributed by atoms with Gasteiger partial charge in [0.25, 0.3) is 5.69 Å². The Morgan fingerprint density at radius 2 is 1.93 bits per heavy atom. The van der Waals surface area contributed by atoms with E-state index in [0.29, 0.717) is 11.7 Å². The molecule has 3 rings (SSSR count). The lowest BCUT2D eigenvalue weighted by Crippen LogP contribution is -2.52. The van der Waals surface area contributed by atoms with Crippen molar-refractivity contribution in [2.75, 3.05) is 31.2 Å². The first-order chi connectivity index (χ1) is 14.4. The number of hydrogen-bond acceptors (Lipinski definition) is 5. The molecule has 2 aromatic carbocycles. The number of aromatic hydroxyl groups is 1. The lowest BCUT2D eigenvalue weighted by Gasteiger charge is -2.49. The topological polar surface area (TPSA) is 69.9 Å². The first-order valence-corrected chi connectivity index (χ1v) is 10.9. The summed E-state index contributed by atoms with van der Waals surface area (Å²) in [4.78, 5) is 15.3. The summed E-state index contributed by atoms with van der Waals surface area (Å²) >= 11 is 0. The van der Waals surface area contributed by atoms with Crippen molar-refractivity contribution >= 4 is 11.4 Å². The maximum atomic E-state index is 10.9. The number of nitrogens with zero attached hydrogens (tertiary/aromatic N) is 3. The van der Waals surface area contributed by atoms with Crippen LogP contribution in [0.5, 0.6) is 5.75 Å². The van der Waals surface area contributed by atoms with Gasteiger partial charge in [0.15, 0.2) is 0 Å². The van der Waals surface area contributed by atoms with Gasteiger partial charge in [-0.15, -0.1) is 0 Å². The summed E-state index contributed by atoms with van der Waals surface area (Å²) < 4.78 is 0. The summed E-state index contributed by atoms with van der Waals surface area (Å²) in [5.74, 6) is 0.849. The molecule has 0 aromatic heterocycles. The Kier molecular flexibility index (Phi) is 6.98. The maximum Gasteiger partial charge on any atom is 0.269 e. The van der Waals surface area contributed by atoms with Crippen molar-refractivity contribution in [3.63, 3.8) is 0 Å². The molecule has 1 aliphatic rings. The smallest absolute Gasteiger partial charge is 0.269 e. The van der Waals surface area contributed by atoms with Crippen LogP contribution in [0, 0.1) is 16.0 Å². The van der Waals surface area contributed by atoms with Crippen LogP contribution in [0.4, 0.5) is 11.4 Å². The standard InChI is InChI=1S/C24H33N3O3/c1-4-19-17-25(15-14-24(19,5-2)20-8-7-9-23(28)16-20)18-26(6-3)21-10-12-22(13-11-21)27(29)30/h7-13,16,19,28H,4-6,14-15,17-18H2,1-3H3. The van der Waals surface area contributed by atoms with E-state index in [1.54, 1.807) is 18.2 Å². The van der Waals surface area contributed by atoms with E-state index in [1.807, 2.05) is 24.3 Å². The molecule has 0 radical (unpaired) electrons. The zero-order chi connectivity index (χ0) is 21.7. The number of nitro groups is 1. The Morgan fingerprint density at radius 3 is 2.50 bits per heavy atom. The van der Waals surface area contributed by atoms with Crippen LogP contribution in [0.15, 0.2) is 48.5 Å². The molecule has 1 fully saturated rings. The first-order valence-electron chi connectivity index (χ1n) is 10.9. The number of benzene rings is 2. The van der Waals surface area contributed by atoms with Crippen LogP contribution in [0.1, 0.15) is 45.6 Å². The Bertz CT molecular complexity index is 855. The minimum absolute atomic E-state index is 0.0917. The van der Waals surface area contributed by atoms with Gasteiger partial charge in [-0.1, -0.05) is 32.4 Å². The minimum Gasteiger partial charge on any atom is -0.508 e. The van der Waals surface area contributed by atoms with Crippen LogP contribution in [-0.2, 0) is 5.41 Å². The molecule has 1 aliphatic heterocycles. The van der Waals surface area contributed by atoms with Gasteiger partial charge in [0.05, 0.1) is 11.6 Å². The third-order valence-corrected chi connectivity index (χ3v) is 6.86. The highest BCUT2D eigenvalue weighted by Gasteiger charge is 2.42.